The van der Waals surface area contributed by atoms with Gasteiger partial charge in [-0.3, -0.25) is 0 Å². The second-order valence-corrected chi connectivity index (χ2v) is 5.89. The predicted molar refractivity (Wildman–Crippen MR) is 93.3 cm³/mol. The van der Waals surface area contributed by atoms with Crippen molar-refractivity contribution in [3.05, 3.63) is 64.8 Å². The van der Waals surface area contributed by atoms with Crippen LogP contribution < -0.4 is 4.90 Å². The van der Waals surface area contributed by atoms with Gasteiger partial charge in [-0.15, -0.1) is 0 Å². The van der Waals surface area contributed by atoms with Crippen molar-refractivity contribution in [2.24, 2.45) is 0 Å². The molecule has 0 spiro atoms. The molecule has 0 fully saturated rings. The Bertz CT molecular complexity index is 778. The minimum atomic E-state index is 0.877. The highest BCUT2D eigenvalue weighted by Gasteiger charge is 2.12. The first-order valence-corrected chi connectivity index (χ1v) is 7.87. The fraction of sp³-hybridized carbons (Fsp3) is 0.167. The Morgan fingerprint density at radius 2 is 1.86 bits per heavy atom. The van der Waals surface area contributed by atoms with E-state index in [9.17, 15) is 0 Å². The Morgan fingerprint density at radius 3 is 2.62 bits per heavy atom. The smallest absolute Gasteiger partial charge is 0.133 e. The zero-order chi connectivity index (χ0) is 14.8. The molecule has 3 heteroatoms. The van der Waals surface area contributed by atoms with Crippen molar-refractivity contribution < 1.29 is 0 Å². The normalized spacial score (nSPS) is 10.8. The molecule has 0 saturated carbocycles. The largest absolute Gasteiger partial charge is 0.326 e. The summed E-state index contributed by atoms with van der Waals surface area (Å²) in [5, 5.41) is 2.51. The topological polar surface area (TPSA) is 16.1 Å². The maximum Gasteiger partial charge on any atom is 0.133 e. The maximum absolute atomic E-state index is 4.57. The summed E-state index contributed by atoms with van der Waals surface area (Å²) in [5.41, 5.74) is 2.39. The van der Waals surface area contributed by atoms with Crippen LogP contribution >= 0.6 is 15.9 Å². The molecular weight excluding hydrogens is 324 g/mol. The number of hydrogen-bond donors (Lipinski definition) is 0. The molecule has 3 aromatic rings. The van der Waals surface area contributed by atoms with Gasteiger partial charge in [0.15, 0.2) is 0 Å². The molecule has 0 radical (unpaired) electrons. The summed E-state index contributed by atoms with van der Waals surface area (Å²) in [5.74, 6) is 0.981. The third kappa shape index (κ3) is 2.66. The first-order valence-electron chi connectivity index (χ1n) is 7.08. The van der Waals surface area contributed by atoms with Crippen molar-refractivity contribution in [2.75, 3.05) is 11.4 Å². The number of aromatic nitrogens is 1. The molecule has 2 nitrogen and oxygen atoms in total. The van der Waals surface area contributed by atoms with E-state index in [2.05, 4.69) is 88.2 Å². The van der Waals surface area contributed by atoms with Gasteiger partial charge in [0.25, 0.3) is 0 Å². The molecule has 0 N–H and O–H groups in total. The molecule has 0 aliphatic rings. The lowest BCUT2D eigenvalue weighted by Crippen LogP contribution is -2.17. The summed E-state index contributed by atoms with van der Waals surface area (Å²) in [6, 6.07) is 17.0. The predicted octanol–water partition coefficient (Wildman–Crippen LogP) is 5.46. The van der Waals surface area contributed by atoms with Gasteiger partial charge in [-0.05, 0) is 52.9 Å². The van der Waals surface area contributed by atoms with E-state index >= 15 is 0 Å². The second kappa shape index (κ2) is 5.86. The van der Waals surface area contributed by atoms with Crippen molar-refractivity contribution in [3.63, 3.8) is 0 Å². The van der Waals surface area contributed by atoms with E-state index in [-0.39, 0.29) is 0 Å². The summed E-state index contributed by atoms with van der Waals surface area (Å²) in [7, 11) is 0. The van der Waals surface area contributed by atoms with Crippen LogP contribution in [0.4, 0.5) is 11.5 Å². The number of anilines is 2. The average molecular weight is 341 g/mol. The summed E-state index contributed by atoms with van der Waals surface area (Å²) in [6.45, 7) is 5.12. The molecule has 0 bridgehead atoms. The van der Waals surface area contributed by atoms with Gasteiger partial charge >= 0.3 is 0 Å². The van der Waals surface area contributed by atoms with Crippen LogP contribution in [0.15, 0.2) is 59.2 Å². The molecule has 3 rings (SSSR count). The number of halogens is 1. The summed E-state index contributed by atoms with van der Waals surface area (Å²) < 4.78 is 1.04. The molecule has 0 amide bonds. The summed E-state index contributed by atoms with van der Waals surface area (Å²) >= 11 is 3.52. The zero-order valence-electron chi connectivity index (χ0n) is 12.2. The minimum absolute atomic E-state index is 0.877. The highest BCUT2D eigenvalue weighted by atomic mass is 79.9. The Labute approximate surface area is 133 Å². The monoisotopic (exact) mass is 340 g/mol. The highest BCUT2D eigenvalue weighted by Crippen LogP contribution is 2.32. The first kappa shape index (κ1) is 14.1. The molecule has 21 heavy (non-hydrogen) atoms. The van der Waals surface area contributed by atoms with Gasteiger partial charge in [-0.1, -0.05) is 36.4 Å². The van der Waals surface area contributed by atoms with Crippen LogP contribution in [0.25, 0.3) is 10.8 Å². The number of aryl methyl sites for hydroxylation is 1. The van der Waals surface area contributed by atoms with E-state index in [0.29, 0.717) is 0 Å². The first-order chi connectivity index (χ1) is 10.2. The molecule has 0 aliphatic heterocycles. The Kier molecular flexibility index (Phi) is 3.93. The van der Waals surface area contributed by atoms with Crippen molar-refractivity contribution in [1.29, 1.82) is 0 Å². The van der Waals surface area contributed by atoms with Crippen LogP contribution in [0.2, 0.25) is 0 Å². The molecule has 0 aliphatic carbocycles. The number of fused-ring (bicyclic) bond motifs is 1. The van der Waals surface area contributed by atoms with Crippen LogP contribution in [0.1, 0.15) is 12.5 Å². The fourth-order valence-corrected chi connectivity index (χ4v) is 2.79. The van der Waals surface area contributed by atoms with Gasteiger partial charge in [-0.2, -0.15) is 0 Å². The van der Waals surface area contributed by atoms with Crippen LogP contribution in [0.5, 0.6) is 0 Å². The van der Waals surface area contributed by atoms with Crippen LogP contribution in [0.3, 0.4) is 0 Å². The van der Waals surface area contributed by atoms with Crippen molar-refractivity contribution in [2.45, 2.75) is 13.8 Å². The maximum atomic E-state index is 4.57. The standard InChI is InChI=1S/C18H17BrN2/c1-3-21(18-11-13(2)16(19)12-20-18)17-10-6-8-14-7-4-5-9-15(14)17/h4-12H,3H2,1-2H3. The van der Waals surface area contributed by atoms with E-state index in [1.165, 1.54) is 22.0 Å². The fourth-order valence-electron chi connectivity index (χ4n) is 2.57. The van der Waals surface area contributed by atoms with Crippen molar-refractivity contribution in [1.82, 2.24) is 4.98 Å². The molecular formula is C18H17BrN2. The highest BCUT2D eigenvalue weighted by molar-refractivity contribution is 9.10. The molecule has 2 aromatic carbocycles. The number of pyridine rings is 1. The molecule has 106 valence electrons. The van der Waals surface area contributed by atoms with E-state index in [0.717, 1.165) is 16.8 Å². The average Bonchev–Trinajstić information content (AvgIpc) is 2.52. The van der Waals surface area contributed by atoms with Crippen molar-refractivity contribution >= 4 is 38.2 Å². The van der Waals surface area contributed by atoms with Gasteiger partial charge in [0.05, 0.1) is 5.69 Å². The molecule has 1 aromatic heterocycles. The Balaban J connectivity index is 2.16. The summed E-state index contributed by atoms with van der Waals surface area (Å²) in [4.78, 5) is 6.82. The van der Waals surface area contributed by atoms with E-state index in [4.69, 9.17) is 0 Å². The molecule has 0 unspecified atom stereocenters. The van der Waals surface area contributed by atoms with Gasteiger partial charge in [0.2, 0.25) is 0 Å². The zero-order valence-corrected chi connectivity index (χ0v) is 13.8. The van der Waals surface area contributed by atoms with Gasteiger partial charge < -0.3 is 4.90 Å². The minimum Gasteiger partial charge on any atom is -0.326 e. The van der Waals surface area contributed by atoms with Crippen LogP contribution in [-0.4, -0.2) is 11.5 Å². The van der Waals surface area contributed by atoms with Gasteiger partial charge in [0.1, 0.15) is 5.82 Å². The van der Waals surface area contributed by atoms with Gasteiger partial charge in [0, 0.05) is 22.6 Å². The van der Waals surface area contributed by atoms with Crippen molar-refractivity contribution in [3.8, 4) is 0 Å². The Hall–Kier alpha value is -1.87. The number of hydrogen-bond acceptors (Lipinski definition) is 2. The SMILES string of the molecule is CCN(c1cc(C)c(Br)cn1)c1cccc2ccccc12. The quantitative estimate of drug-likeness (QED) is 0.628. The lowest BCUT2D eigenvalue weighted by molar-refractivity contribution is 0.990. The van der Waals surface area contributed by atoms with Crippen LogP contribution in [0, 0.1) is 6.92 Å². The third-order valence-electron chi connectivity index (χ3n) is 3.68. The second-order valence-electron chi connectivity index (χ2n) is 5.03. The summed E-state index contributed by atoms with van der Waals surface area (Å²) in [6.07, 6.45) is 1.87. The van der Waals surface area contributed by atoms with Gasteiger partial charge in [-0.25, -0.2) is 4.98 Å². The molecule has 1 heterocycles. The lowest BCUT2D eigenvalue weighted by atomic mass is 10.1. The molecule has 0 atom stereocenters. The van der Waals surface area contributed by atoms with E-state index in [1.54, 1.807) is 0 Å². The van der Waals surface area contributed by atoms with Crippen LogP contribution in [-0.2, 0) is 0 Å². The van der Waals surface area contributed by atoms with E-state index in [1.807, 2.05) is 6.20 Å². The Morgan fingerprint density at radius 1 is 1.10 bits per heavy atom. The third-order valence-corrected chi connectivity index (χ3v) is 4.51. The number of nitrogens with zero attached hydrogens (tertiary/aromatic N) is 2. The lowest BCUT2D eigenvalue weighted by Gasteiger charge is -2.24. The van der Waals surface area contributed by atoms with E-state index < -0.39 is 0 Å². The molecule has 0 saturated heterocycles. The number of rotatable bonds is 3. The number of benzene rings is 2.